The van der Waals surface area contributed by atoms with E-state index in [2.05, 4.69) is 21.4 Å². The third-order valence-corrected chi connectivity index (χ3v) is 5.76. The first-order valence-electron chi connectivity index (χ1n) is 9.16. The number of aliphatic hydroxyl groups excluding tert-OH is 2. The van der Waals surface area contributed by atoms with Crippen molar-refractivity contribution in [3.05, 3.63) is 45.9 Å². The Balaban J connectivity index is 0.000000274. The number of nitrogens with one attached hydrogen (secondary N) is 2. The highest BCUT2D eigenvalue weighted by molar-refractivity contribution is 7.98. The summed E-state index contributed by atoms with van der Waals surface area (Å²) >= 11 is 8.19. The number of H-pyrrole nitrogens is 1. The first kappa shape index (κ1) is 24.2. The summed E-state index contributed by atoms with van der Waals surface area (Å²) in [7, 11) is 0. The van der Waals surface area contributed by atoms with E-state index >= 15 is 0 Å². The van der Waals surface area contributed by atoms with Crippen LogP contribution in [0.15, 0.2) is 23.4 Å². The third-order valence-electron chi connectivity index (χ3n) is 4.45. The quantitative estimate of drug-likeness (QED) is 0.351. The van der Waals surface area contributed by atoms with E-state index < -0.39 is 24.1 Å². The lowest BCUT2D eigenvalue weighted by molar-refractivity contribution is -0.165. The molecule has 1 aromatic carbocycles. The number of hydrogen-bond acceptors (Lipinski definition) is 7. The molecular weight excluding hydrogens is 434 g/mol. The van der Waals surface area contributed by atoms with Gasteiger partial charge in [-0.05, 0) is 55.6 Å². The van der Waals surface area contributed by atoms with Crippen molar-refractivity contribution in [2.75, 3.05) is 13.1 Å². The molecule has 1 aliphatic heterocycles. The molecule has 9 nitrogen and oxygen atoms in total. The lowest BCUT2D eigenvalue weighted by atomic mass is 9.98. The van der Waals surface area contributed by atoms with Gasteiger partial charge < -0.3 is 30.7 Å². The predicted octanol–water partition coefficient (Wildman–Crippen LogP) is 1.23. The molecule has 11 heteroatoms. The van der Waals surface area contributed by atoms with Crippen LogP contribution in [-0.4, -0.2) is 67.6 Å². The number of aryl methyl sites for hydroxylation is 1. The zero-order valence-corrected chi connectivity index (χ0v) is 17.8. The minimum atomic E-state index is -2.27. The monoisotopic (exact) mass is 457 g/mol. The third kappa shape index (κ3) is 6.71. The second-order valence-corrected chi connectivity index (χ2v) is 8.03. The van der Waals surface area contributed by atoms with Crippen LogP contribution in [0.5, 0.6) is 0 Å². The van der Waals surface area contributed by atoms with Crippen LogP contribution in [0.3, 0.4) is 0 Å². The van der Waals surface area contributed by atoms with Crippen molar-refractivity contribution >= 4 is 35.3 Å². The number of imidazole rings is 1. The molecule has 0 amide bonds. The number of aliphatic carboxylic acids is 2. The van der Waals surface area contributed by atoms with E-state index in [1.165, 1.54) is 16.7 Å². The van der Waals surface area contributed by atoms with Crippen molar-refractivity contribution in [2.24, 2.45) is 0 Å². The van der Waals surface area contributed by atoms with Gasteiger partial charge in [-0.15, -0.1) is 11.8 Å². The summed E-state index contributed by atoms with van der Waals surface area (Å²) in [5, 5.41) is 38.0. The van der Waals surface area contributed by atoms with E-state index in [-0.39, 0.29) is 0 Å². The summed E-state index contributed by atoms with van der Waals surface area (Å²) < 4.78 is 0. The number of hydrogen-bond donors (Lipinski definition) is 6. The highest BCUT2D eigenvalue weighted by Gasteiger charge is 2.29. The smallest absolute Gasteiger partial charge is 0.335 e. The fraction of sp³-hybridized carbons (Fsp3) is 0.421. The number of benzene rings is 1. The van der Waals surface area contributed by atoms with Crippen molar-refractivity contribution in [1.29, 1.82) is 0 Å². The highest BCUT2D eigenvalue weighted by atomic mass is 35.5. The molecule has 3 rings (SSSR count). The van der Waals surface area contributed by atoms with Crippen LogP contribution >= 0.6 is 23.4 Å². The number of nitrogens with zero attached hydrogens (tertiary/aromatic N) is 1. The normalized spacial score (nSPS) is 15.2. The maximum Gasteiger partial charge on any atom is 0.335 e. The SMILES string of the molecule is Cc1ncc(SCc2c(Cl)ccc3c2CCNCC3)[nH]1.O=C(O)[C@H](O)[C@@H](O)C(=O)O. The Hall–Kier alpha value is -2.11. The average Bonchev–Trinajstić information content (AvgIpc) is 2.97. The van der Waals surface area contributed by atoms with Gasteiger partial charge in [-0.3, -0.25) is 0 Å². The molecule has 164 valence electrons. The molecule has 30 heavy (non-hydrogen) atoms. The molecule has 0 bridgehead atoms. The number of carbonyl (C=O) groups is 2. The Morgan fingerprint density at radius 2 is 1.80 bits per heavy atom. The maximum atomic E-state index is 9.77. The largest absolute Gasteiger partial charge is 0.479 e. The molecule has 0 saturated heterocycles. The number of thioether (sulfide) groups is 1. The van der Waals surface area contributed by atoms with Crippen LogP contribution in [0.4, 0.5) is 0 Å². The van der Waals surface area contributed by atoms with Gasteiger partial charge in [-0.1, -0.05) is 17.7 Å². The van der Waals surface area contributed by atoms with Gasteiger partial charge in [0.2, 0.25) is 0 Å². The van der Waals surface area contributed by atoms with Gasteiger partial charge in [0, 0.05) is 10.8 Å². The van der Waals surface area contributed by atoms with Crippen molar-refractivity contribution in [2.45, 2.75) is 42.8 Å². The van der Waals surface area contributed by atoms with Crippen LogP contribution in [0.1, 0.15) is 22.5 Å². The molecule has 1 aromatic heterocycles. The molecule has 0 unspecified atom stereocenters. The highest BCUT2D eigenvalue weighted by Crippen LogP contribution is 2.31. The van der Waals surface area contributed by atoms with Gasteiger partial charge >= 0.3 is 11.9 Å². The molecule has 0 spiro atoms. The van der Waals surface area contributed by atoms with Gasteiger partial charge in [0.25, 0.3) is 0 Å². The van der Waals surface area contributed by atoms with E-state index in [1.807, 2.05) is 19.2 Å². The molecule has 2 atom stereocenters. The van der Waals surface area contributed by atoms with Crippen LogP contribution in [0.25, 0.3) is 0 Å². The topological polar surface area (TPSA) is 156 Å². The number of carboxylic acids is 2. The number of rotatable bonds is 6. The minimum Gasteiger partial charge on any atom is -0.479 e. The molecule has 0 radical (unpaired) electrons. The Morgan fingerprint density at radius 1 is 1.17 bits per heavy atom. The van der Waals surface area contributed by atoms with Gasteiger partial charge in [0.05, 0.1) is 11.2 Å². The van der Waals surface area contributed by atoms with Crippen molar-refractivity contribution in [3.8, 4) is 0 Å². The molecule has 2 aromatic rings. The molecule has 0 saturated carbocycles. The lowest BCUT2D eigenvalue weighted by Gasteiger charge is -2.13. The van der Waals surface area contributed by atoms with Crippen LogP contribution in [0.2, 0.25) is 5.02 Å². The minimum absolute atomic E-state index is 0.884. The second-order valence-electron chi connectivity index (χ2n) is 6.60. The van der Waals surface area contributed by atoms with E-state index in [0.29, 0.717) is 0 Å². The van der Waals surface area contributed by atoms with Crippen LogP contribution < -0.4 is 5.32 Å². The summed E-state index contributed by atoms with van der Waals surface area (Å²) in [5.74, 6) is -1.69. The fourth-order valence-electron chi connectivity index (χ4n) is 2.87. The number of fused-ring (bicyclic) bond motifs is 1. The number of halogens is 1. The Bertz CT molecular complexity index is 873. The summed E-state index contributed by atoms with van der Waals surface area (Å²) in [6.07, 6.45) is -0.493. The van der Waals surface area contributed by atoms with E-state index in [0.717, 1.165) is 47.6 Å². The maximum absolute atomic E-state index is 9.77. The summed E-state index contributed by atoms with van der Waals surface area (Å²) in [6.45, 7) is 4.06. The predicted molar refractivity (Wildman–Crippen MR) is 112 cm³/mol. The van der Waals surface area contributed by atoms with Crippen LogP contribution in [0, 0.1) is 6.92 Å². The lowest BCUT2D eigenvalue weighted by Crippen LogP contribution is -2.39. The number of aliphatic hydroxyl groups is 2. The molecule has 1 aliphatic rings. The molecule has 0 fully saturated rings. The van der Waals surface area contributed by atoms with Gasteiger partial charge in [-0.2, -0.15) is 0 Å². The van der Waals surface area contributed by atoms with Crippen molar-refractivity contribution < 1.29 is 30.0 Å². The summed E-state index contributed by atoms with van der Waals surface area (Å²) in [4.78, 5) is 27.0. The Morgan fingerprint density at radius 3 is 2.37 bits per heavy atom. The summed E-state index contributed by atoms with van der Waals surface area (Å²) in [6, 6.07) is 4.22. The molecule has 6 N–H and O–H groups in total. The number of carboxylic acid groups (broad SMARTS) is 2. The van der Waals surface area contributed by atoms with E-state index in [1.54, 1.807) is 11.8 Å². The van der Waals surface area contributed by atoms with E-state index in [4.69, 9.17) is 32.0 Å². The average molecular weight is 458 g/mol. The van der Waals surface area contributed by atoms with Crippen molar-refractivity contribution in [1.82, 2.24) is 15.3 Å². The van der Waals surface area contributed by atoms with Gasteiger partial charge in [-0.25, -0.2) is 14.6 Å². The molecule has 2 heterocycles. The van der Waals surface area contributed by atoms with Gasteiger partial charge in [0.1, 0.15) is 5.82 Å². The van der Waals surface area contributed by atoms with Crippen molar-refractivity contribution in [3.63, 3.8) is 0 Å². The first-order valence-corrected chi connectivity index (χ1v) is 10.5. The zero-order valence-electron chi connectivity index (χ0n) is 16.3. The first-order chi connectivity index (χ1) is 14.2. The van der Waals surface area contributed by atoms with Gasteiger partial charge in [0.15, 0.2) is 12.2 Å². The van der Waals surface area contributed by atoms with E-state index in [9.17, 15) is 9.59 Å². The summed E-state index contributed by atoms with van der Waals surface area (Å²) in [5.41, 5.74) is 4.16. The Kier molecular flexibility index (Phi) is 9.12. The number of aromatic nitrogens is 2. The molecule has 0 aliphatic carbocycles. The second kappa shape index (κ2) is 11.3. The fourth-order valence-corrected chi connectivity index (χ4v) is 4.17. The molecular formula is C19H24ClN3O6S. The Labute approximate surface area is 182 Å². The zero-order chi connectivity index (χ0) is 22.3. The van der Waals surface area contributed by atoms with Crippen LogP contribution in [-0.2, 0) is 28.2 Å². The number of aromatic amines is 1. The standard InChI is InChI=1S/C15H18ClN3S.C4H6O6/c1-10-18-8-15(19-10)20-9-13-12-5-7-17-6-4-11(12)2-3-14(13)16;5-1(3(7)8)2(6)4(9)10/h2-3,8,17H,4-7,9H2,1H3,(H,18,19);1-2,5-6H,(H,7,8)(H,9,10)/t;1-,2-/m.1/s1.